The van der Waals surface area contributed by atoms with Gasteiger partial charge in [0.15, 0.2) is 5.82 Å². The van der Waals surface area contributed by atoms with Crippen molar-refractivity contribution in [3.8, 4) is 0 Å². The number of aromatic nitrogens is 1. The Morgan fingerprint density at radius 2 is 2.11 bits per heavy atom. The van der Waals surface area contributed by atoms with Gasteiger partial charge in [-0.2, -0.15) is 0 Å². The number of hydrogen-bond acceptors (Lipinski definition) is 5. The molecule has 0 saturated heterocycles. The Morgan fingerprint density at radius 1 is 1.37 bits per heavy atom. The first-order valence-electron chi connectivity index (χ1n) is 5.17. The van der Waals surface area contributed by atoms with Gasteiger partial charge in [0.25, 0.3) is 10.0 Å². The van der Waals surface area contributed by atoms with Crippen LogP contribution in [0.4, 0.5) is 5.82 Å². The van der Waals surface area contributed by atoms with Crippen LogP contribution < -0.4 is 4.72 Å². The molecule has 0 aliphatic carbocycles. The van der Waals surface area contributed by atoms with E-state index in [2.05, 4.69) is 14.4 Å². The Balaban J connectivity index is 2.41. The summed E-state index contributed by atoms with van der Waals surface area (Å²) in [4.78, 5) is 10.8. The number of hydrogen-bond donors (Lipinski definition) is 2. The highest BCUT2D eigenvalue weighted by Crippen LogP contribution is 2.18. The molecule has 7 nitrogen and oxygen atoms in total. The zero-order valence-electron chi connectivity index (χ0n) is 9.82. The van der Waals surface area contributed by atoms with E-state index >= 15 is 0 Å². The Morgan fingerprint density at radius 3 is 2.68 bits per heavy atom. The summed E-state index contributed by atoms with van der Waals surface area (Å²) in [5.74, 6) is -1.16. The van der Waals surface area contributed by atoms with Crippen molar-refractivity contribution >= 4 is 21.8 Å². The van der Waals surface area contributed by atoms with E-state index in [1.807, 2.05) is 0 Å². The van der Waals surface area contributed by atoms with E-state index in [0.717, 1.165) is 6.07 Å². The number of carboxylic acid groups (broad SMARTS) is 1. The fourth-order valence-corrected chi connectivity index (χ4v) is 2.48. The first kappa shape index (κ1) is 13.1. The molecule has 2 N–H and O–H groups in total. The Bertz CT molecular complexity index is 707. The molecule has 0 unspecified atom stereocenters. The van der Waals surface area contributed by atoms with E-state index in [1.54, 1.807) is 6.92 Å². The van der Waals surface area contributed by atoms with Gasteiger partial charge in [0.05, 0.1) is 10.5 Å². The van der Waals surface area contributed by atoms with Gasteiger partial charge in [-0.05, 0) is 24.6 Å². The molecule has 100 valence electrons. The Hall–Kier alpha value is -2.35. The third kappa shape index (κ3) is 2.74. The highest BCUT2D eigenvalue weighted by molar-refractivity contribution is 7.92. The highest BCUT2D eigenvalue weighted by atomic mass is 32.2. The predicted molar refractivity (Wildman–Crippen MR) is 65.4 cm³/mol. The van der Waals surface area contributed by atoms with E-state index in [0.29, 0.717) is 5.56 Å². The number of carboxylic acids is 1. The van der Waals surface area contributed by atoms with Crippen molar-refractivity contribution in [2.24, 2.45) is 0 Å². The lowest BCUT2D eigenvalue weighted by atomic mass is 10.1. The maximum Gasteiger partial charge on any atom is 0.335 e. The van der Waals surface area contributed by atoms with Crippen molar-refractivity contribution in [1.82, 2.24) is 5.16 Å². The van der Waals surface area contributed by atoms with Gasteiger partial charge in [0.2, 0.25) is 0 Å². The van der Waals surface area contributed by atoms with E-state index in [4.69, 9.17) is 5.11 Å². The van der Waals surface area contributed by atoms with Crippen molar-refractivity contribution in [3.63, 3.8) is 0 Å². The maximum atomic E-state index is 12.0. The lowest BCUT2D eigenvalue weighted by Crippen LogP contribution is -2.14. The summed E-state index contributed by atoms with van der Waals surface area (Å²) in [6, 6.07) is 5.19. The maximum absolute atomic E-state index is 12.0. The number of aryl methyl sites for hydroxylation is 1. The number of rotatable bonds is 4. The monoisotopic (exact) mass is 282 g/mol. The summed E-state index contributed by atoms with van der Waals surface area (Å²) in [7, 11) is -3.89. The van der Waals surface area contributed by atoms with Gasteiger partial charge >= 0.3 is 5.97 Å². The number of sulfonamides is 1. The van der Waals surface area contributed by atoms with Crippen LogP contribution in [0.1, 0.15) is 15.9 Å². The molecule has 0 spiro atoms. The molecule has 0 atom stereocenters. The summed E-state index contributed by atoms with van der Waals surface area (Å²) in [5.41, 5.74) is 0.413. The fraction of sp³-hybridized carbons (Fsp3) is 0.0909. The quantitative estimate of drug-likeness (QED) is 0.879. The van der Waals surface area contributed by atoms with E-state index in [9.17, 15) is 13.2 Å². The molecule has 0 aliphatic rings. The van der Waals surface area contributed by atoms with Gasteiger partial charge in [0, 0.05) is 6.07 Å². The van der Waals surface area contributed by atoms with Gasteiger partial charge in [-0.3, -0.25) is 4.72 Å². The normalized spacial score (nSPS) is 11.2. The average Bonchev–Trinajstić information content (AvgIpc) is 2.80. The van der Waals surface area contributed by atoms with Crippen LogP contribution in [0.15, 0.2) is 39.9 Å². The van der Waals surface area contributed by atoms with E-state index < -0.39 is 16.0 Å². The largest absolute Gasteiger partial charge is 0.478 e. The zero-order valence-corrected chi connectivity index (χ0v) is 10.6. The molecule has 1 aromatic carbocycles. The summed E-state index contributed by atoms with van der Waals surface area (Å²) in [6.45, 7) is 1.59. The Kier molecular flexibility index (Phi) is 3.26. The smallest absolute Gasteiger partial charge is 0.335 e. The molecule has 0 aliphatic heterocycles. The van der Waals surface area contributed by atoms with Crippen molar-refractivity contribution in [2.45, 2.75) is 11.8 Å². The minimum absolute atomic E-state index is 0.0254. The second kappa shape index (κ2) is 4.73. The number of anilines is 1. The summed E-state index contributed by atoms with van der Waals surface area (Å²) in [6.07, 6.45) is 1.22. The third-order valence-corrected chi connectivity index (χ3v) is 3.78. The zero-order chi connectivity index (χ0) is 14.0. The molecule has 0 bridgehead atoms. The van der Waals surface area contributed by atoms with Gasteiger partial charge in [0.1, 0.15) is 6.26 Å². The first-order chi connectivity index (χ1) is 8.90. The molecule has 0 saturated carbocycles. The van der Waals surface area contributed by atoms with Crippen molar-refractivity contribution in [2.75, 3.05) is 4.72 Å². The second-order valence-electron chi connectivity index (χ2n) is 3.77. The molecular formula is C11H10N2O5S. The number of carbonyl (C=O) groups is 1. The number of nitrogens with zero attached hydrogens (tertiary/aromatic N) is 1. The van der Waals surface area contributed by atoms with Gasteiger partial charge < -0.3 is 9.63 Å². The molecule has 2 aromatic rings. The highest BCUT2D eigenvalue weighted by Gasteiger charge is 2.18. The average molecular weight is 282 g/mol. The van der Waals surface area contributed by atoms with E-state index in [1.165, 1.54) is 24.5 Å². The summed E-state index contributed by atoms with van der Waals surface area (Å²) in [5, 5.41) is 12.4. The minimum Gasteiger partial charge on any atom is -0.478 e. The molecule has 0 fully saturated rings. The lowest BCUT2D eigenvalue weighted by Gasteiger charge is -2.07. The summed E-state index contributed by atoms with van der Waals surface area (Å²) < 4.78 is 30.7. The lowest BCUT2D eigenvalue weighted by molar-refractivity contribution is 0.0696. The predicted octanol–water partition coefficient (Wildman–Crippen LogP) is 1.48. The molecular weight excluding hydrogens is 272 g/mol. The molecule has 1 heterocycles. The van der Waals surface area contributed by atoms with E-state index in [-0.39, 0.29) is 16.3 Å². The standard InChI is InChI=1S/C11H10N2O5S/c1-7-2-3-8(6-9(7)11(14)15)19(16,17)13-10-4-5-18-12-10/h2-6H,1H3,(H,12,13)(H,14,15). The third-order valence-electron chi connectivity index (χ3n) is 2.43. The van der Waals surface area contributed by atoms with Crippen LogP contribution in [-0.4, -0.2) is 24.7 Å². The van der Waals surface area contributed by atoms with Crippen molar-refractivity contribution < 1.29 is 22.8 Å². The van der Waals surface area contributed by atoms with Crippen LogP contribution in [0.25, 0.3) is 0 Å². The molecule has 0 radical (unpaired) electrons. The SMILES string of the molecule is Cc1ccc(S(=O)(=O)Nc2ccon2)cc1C(=O)O. The fourth-order valence-electron chi connectivity index (χ4n) is 1.46. The second-order valence-corrected chi connectivity index (χ2v) is 5.45. The minimum atomic E-state index is -3.89. The first-order valence-corrected chi connectivity index (χ1v) is 6.65. The van der Waals surface area contributed by atoms with Crippen LogP contribution in [0.3, 0.4) is 0 Å². The van der Waals surface area contributed by atoms with Crippen molar-refractivity contribution in [1.29, 1.82) is 0 Å². The van der Waals surface area contributed by atoms with Crippen LogP contribution in [-0.2, 0) is 10.0 Å². The summed E-state index contributed by atoms with van der Waals surface area (Å²) >= 11 is 0. The van der Waals surface area contributed by atoms with Crippen LogP contribution in [0, 0.1) is 6.92 Å². The molecule has 8 heteroatoms. The van der Waals surface area contributed by atoms with Crippen LogP contribution >= 0.6 is 0 Å². The number of aromatic carboxylic acids is 1. The molecule has 0 amide bonds. The number of nitrogens with one attached hydrogen (secondary N) is 1. The van der Waals surface area contributed by atoms with Crippen LogP contribution in [0.2, 0.25) is 0 Å². The van der Waals surface area contributed by atoms with Gasteiger partial charge in [-0.1, -0.05) is 11.2 Å². The molecule has 1 aromatic heterocycles. The molecule has 2 rings (SSSR count). The Labute approximate surface area is 108 Å². The molecule has 19 heavy (non-hydrogen) atoms. The van der Waals surface area contributed by atoms with Crippen LogP contribution in [0.5, 0.6) is 0 Å². The van der Waals surface area contributed by atoms with Gasteiger partial charge in [-0.25, -0.2) is 13.2 Å². The van der Waals surface area contributed by atoms with Gasteiger partial charge in [-0.15, -0.1) is 0 Å². The number of benzene rings is 1. The topological polar surface area (TPSA) is 110 Å². The van der Waals surface area contributed by atoms with Crippen molar-refractivity contribution in [3.05, 3.63) is 41.7 Å².